The third-order valence-corrected chi connectivity index (χ3v) is 3.40. The van der Waals surface area contributed by atoms with Crippen LogP contribution in [0.15, 0.2) is 0 Å². The van der Waals surface area contributed by atoms with Gasteiger partial charge in [-0.2, -0.15) is 0 Å². The lowest BCUT2D eigenvalue weighted by Gasteiger charge is -2.39. The molecule has 0 radical (unpaired) electrons. The van der Waals surface area contributed by atoms with Gasteiger partial charge in [0, 0.05) is 32.8 Å². The SMILES string of the molecule is COC(C)(C)CC(C)N1CCOC(CN)C1. The Morgan fingerprint density at radius 2 is 2.25 bits per heavy atom. The molecule has 0 amide bonds. The number of nitrogens with zero attached hydrogens (tertiary/aromatic N) is 1. The Kier molecular flexibility index (Phi) is 5.18. The highest BCUT2D eigenvalue weighted by Gasteiger charge is 2.27. The summed E-state index contributed by atoms with van der Waals surface area (Å²) in [6.07, 6.45) is 1.22. The molecular formula is C12H26N2O2. The maximum Gasteiger partial charge on any atom is 0.0824 e. The first-order valence-electron chi connectivity index (χ1n) is 6.09. The normalized spacial score (nSPS) is 25.7. The predicted molar refractivity (Wildman–Crippen MR) is 65.5 cm³/mol. The average Bonchev–Trinajstić information content (AvgIpc) is 2.28. The fraction of sp³-hybridized carbons (Fsp3) is 1.00. The lowest BCUT2D eigenvalue weighted by atomic mass is 9.98. The fourth-order valence-corrected chi connectivity index (χ4v) is 2.21. The fourth-order valence-electron chi connectivity index (χ4n) is 2.21. The number of ether oxygens (including phenoxy) is 2. The molecule has 2 N–H and O–H groups in total. The van der Waals surface area contributed by atoms with Crippen molar-refractivity contribution in [2.45, 2.75) is 44.9 Å². The molecule has 16 heavy (non-hydrogen) atoms. The van der Waals surface area contributed by atoms with Crippen molar-refractivity contribution in [2.75, 3.05) is 33.4 Å². The minimum atomic E-state index is -0.0596. The van der Waals surface area contributed by atoms with E-state index in [-0.39, 0.29) is 11.7 Å². The Morgan fingerprint density at radius 3 is 2.81 bits per heavy atom. The van der Waals surface area contributed by atoms with Crippen molar-refractivity contribution in [3.05, 3.63) is 0 Å². The molecule has 4 nitrogen and oxygen atoms in total. The Bertz CT molecular complexity index is 209. The minimum Gasteiger partial charge on any atom is -0.379 e. The minimum absolute atomic E-state index is 0.0596. The summed E-state index contributed by atoms with van der Waals surface area (Å²) in [5.74, 6) is 0. The van der Waals surface area contributed by atoms with Gasteiger partial charge in [0.05, 0.1) is 18.3 Å². The van der Waals surface area contributed by atoms with Crippen LogP contribution in [0.1, 0.15) is 27.2 Å². The maximum absolute atomic E-state index is 5.64. The number of morpholine rings is 1. The van der Waals surface area contributed by atoms with Crippen molar-refractivity contribution < 1.29 is 9.47 Å². The van der Waals surface area contributed by atoms with Gasteiger partial charge in [0.25, 0.3) is 0 Å². The Balaban J connectivity index is 2.44. The molecule has 0 aromatic heterocycles. The molecule has 0 aromatic rings. The molecule has 4 heteroatoms. The van der Waals surface area contributed by atoms with Crippen molar-refractivity contribution >= 4 is 0 Å². The second-order valence-corrected chi connectivity index (χ2v) is 5.24. The molecule has 1 aliphatic heterocycles. The molecule has 1 saturated heterocycles. The first-order chi connectivity index (χ1) is 7.48. The number of rotatable bonds is 5. The Hall–Kier alpha value is -0.160. The molecule has 1 rings (SSSR count). The van der Waals surface area contributed by atoms with Crippen molar-refractivity contribution in [2.24, 2.45) is 5.73 Å². The lowest BCUT2D eigenvalue weighted by molar-refractivity contribution is -0.0568. The highest BCUT2D eigenvalue weighted by molar-refractivity contribution is 4.81. The first-order valence-corrected chi connectivity index (χ1v) is 6.09. The van der Waals surface area contributed by atoms with Crippen LogP contribution in [0.4, 0.5) is 0 Å². The van der Waals surface area contributed by atoms with E-state index in [4.69, 9.17) is 15.2 Å². The molecule has 1 heterocycles. The van der Waals surface area contributed by atoms with E-state index >= 15 is 0 Å². The maximum atomic E-state index is 5.64. The van der Waals surface area contributed by atoms with E-state index in [1.165, 1.54) is 0 Å². The van der Waals surface area contributed by atoms with E-state index in [1.54, 1.807) is 7.11 Å². The van der Waals surface area contributed by atoms with Crippen LogP contribution >= 0.6 is 0 Å². The van der Waals surface area contributed by atoms with Gasteiger partial charge in [-0.1, -0.05) is 0 Å². The van der Waals surface area contributed by atoms with Crippen molar-refractivity contribution in [1.82, 2.24) is 4.90 Å². The second kappa shape index (κ2) is 5.96. The Morgan fingerprint density at radius 1 is 1.56 bits per heavy atom. The third-order valence-electron chi connectivity index (χ3n) is 3.40. The van der Waals surface area contributed by atoms with Gasteiger partial charge in [0.2, 0.25) is 0 Å². The quantitative estimate of drug-likeness (QED) is 0.760. The standard InChI is InChI=1S/C12H26N2O2/c1-10(7-12(2,3)15-4)14-5-6-16-11(8-13)9-14/h10-11H,5-9,13H2,1-4H3. The van der Waals surface area contributed by atoms with Crippen LogP contribution in [0.5, 0.6) is 0 Å². The topological polar surface area (TPSA) is 47.7 Å². The molecule has 0 saturated carbocycles. The first kappa shape index (κ1) is 13.9. The largest absolute Gasteiger partial charge is 0.379 e. The monoisotopic (exact) mass is 230 g/mol. The van der Waals surface area contributed by atoms with Crippen LogP contribution < -0.4 is 5.73 Å². The molecule has 2 atom stereocenters. The molecular weight excluding hydrogens is 204 g/mol. The van der Waals surface area contributed by atoms with Crippen LogP contribution in [0.2, 0.25) is 0 Å². The van der Waals surface area contributed by atoms with Crippen LogP contribution in [-0.4, -0.2) is 56.0 Å². The van der Waals surface area contributed by atoms with Gasteiger partial charge in [-0.15, -0.1) is 0 Å². The third kappa shape index (κ3) is 4.01. The van der Waals surface area contributed by atoms with Crippen molar-refractivity contribution in [1.29, 1.82) is 0 Å². The highest BCUT2D eigenvalue weighted by atomic mass is 16.5. The van der Waals surface area contributed by atoms with Crippen LogP contribution in [0.25, 0.3) is 0 Å². The van der Waals surface area contributed by atoms with Gasteiger partial charge in [-0.05, 0) is 27.2 Å². The lowest BCUT2D eigenvalue weighted by Crippen LogP contribution is -2.50. The molecule has 2 unspecified atom stereocenters. The van der Waals surface area contributed by atoms with Crippen LogP contribution in [-0.2, 0) is 9.47 Å². The van der Waals surface area contributed by atoms with Gasteiger partial charge < -0.3 is 15.2 Å². The molecule has 1 aliphatic rings. The predicted octanol–water partition coefficient (Wildman–Crippen LogP) is 0.850. The molecule has 0 spiro atoms. The zero-order valence-electron chi connectivity index (χ0n) is 11.0. The Labute approximate surface area is 99.1 Å². The van der Waals surface area contributed by atoms with E-state index < -0.39 is 0 Å². The van der Waals surface area contributed by atoms with Crippen molar-refractivity contribution in [3.8, 4) is 0 Å². The van der Waals surface area contributed by atoms with Crippen LogP contribution in [0.3, 0.4) is 0 Å². The summed E-state index contributed by atoms with van der Waals surface area (Å²) in [6, 6.07) is 0.507. The zero-order valence-corrected chi connectivity index (χ0v) is 11.0. The number of methoxy groups -OCH3 is 1. The summed E-state index contributed by atoms with van der Waals surface area (Å²) in [4.78, 5) is 2.45. The number of hydrogen-bond acceptors (Lipinski definition) is 4. The summed E-state index contributed by atoms with van der Waals surface area (Å²) < 4.78 is 11.0. The van der Waals surface area contributed by atoms with Gasteiger partial charge in [-0.3, -0.25) is 4.90 Å². The van der Waals surface area contributed by atoms with E-state index in [1.807, 2.05) is 0 Å². The smallest absolute Gasteiger partial charge is 0.0824 e. The van der Waals surface area contributed by atoms with E-state index in [9.17, 15) is 0 Å². The number of nitrogens with two attached hydrogens (primary N) is 1. The molecule has 0 aliphatic carbocycles. The summed E-state index contributed by atoms with van der Waals surface area (Å²) in [7, 11) is 1.77. The molecule has 1 fully saturated rings. The zero-order chi connectivity index (χ0) is 12.2. The van der Waals surface area contributed by atoms with Gasteiger partial charge in [-0.25, -0.2) is 0 Å². The number of hydrogen-bond donors (Lipinski definition) is 1. The van der Waals surface area contributed by atoms with Crippen LogP contribution in [0, 0.1) is 0 Å². The van der Waals surface area contributed by atoms with Crippen molar-refractivity contribution in [3.63, 3.8) is 0 Å². The van der Waals surface area contributed by atoms with Gasteiger partial charge >= 0.3 is 0 Å². The molecule has 96 valence electrons. The van der Waals surface area contributed by atoms with E-state index in [0.717, 1.165) is 26.1 Å². The van der Waals surface area contributed by atoms with E-state index in [2.05, 4.69) is 25.7 Å². The van der Waals surface area contributed by atoms with Gasteiger partial charge in [0.15, 0.2) is 0 Å². The summed E-state index contributed by atoms with van der Waals surface area (Å²) in [6.45, 7) is 9.85. The second-order valence-electron chi connectivity index (χ2n) is 5.24. The van der Waals surface area contributed by atoms with E-state index in [0.29, 0.717) is 12.6 Å². The highest BCUT2D eigenvalue weighted by Crippen LogP contribution is 2.20. The molecule has 0 aromatic carbocycles. The van der Waals surface area contributed by atoms with Gasteiger partial charge in [0.1, 0.15) is 0 Å². The average molecular weight is 230 g/mol. The summed E-state index contributed by atoms with van der Waals surface area (Å²) in [5.41, 5.74) is 5.58. The summed E-state index contributed by atoms with van der Waals surface area (Å²) >= 11 is 0. The molecule has 0 bridgehead atoms. The summed E-state index contributed by atoms with van der Waals surface area (Å²) in [5, 5.41) is 0.